The molecule has 0 spiro atoms. The molecule has 42 heavy (non-hydrogen) atoms. The molecule has 0 aliphatic carbocycles. The number of carboxylic acid groups (broad SMARTS) is 1. The van der Waals surface area contributed by atoms with E-state index < -0.39 is 12.0 Å². The molecule has 1 unspecified atom stereocenters. The molecule has 1 aliphatic rings. The zero-order valence-corrected chi connectivity index (χ0v) is 27.3. The number of amides is 2. The van der Waals surface area contributed by atoms with E-state index >= 15 is 0 Å². The molecule has 8 heteroatoms. The molecule has 0 saturated carbocycles. The largest absolute Gasteiger partial charge is 0.480 e. The van der Waals surface area contributed by atoms with Crippen molar-refractivity contribution in [1.82, 2.24) is 10.6 Å². The lowest BCUT2D eigenvalue weighted by atomic mass is 10.1. The Morgan fingerprint density at radius 1 is 0.786 bits per heavy atom. The highest BCUT2D eigenvalue weighted by Crippen LogP contribution is 2.39. The smallest absolute Gasteiger partial charge is 0.326 e. The molecule has 6 nitrogen and oxygen atoms in total. The second kappa shape index (κ2) is 27.6. The Bertz CT molecular complexity index is 877. The number of unbranched alkanes of at least 4 members (excludes halogenated alkanes) is 3. The molecule has 2 atom stereocenters. The normalized spacial score (nSPS) is 16.5. The number of nitrogens with one attached hydrogen (secondary N) is 2. The summed E-state index contributed by atoms with van der Waals surface area (Å²) < 4.78 is 0. The molecule has 1 fully saturated rings. The molecule has 2 amide bonds. The summed E-state index contributed by atoms with van der Waals surface area (Å²) in [6.07, 6.45) is 35.1. The molecule has 0 aromatic carbocycles. The van der Waals surface area contributed by atoms with Crippen LogP contribution in [-0.2, 0) is 14.4 Å². The van der Waals surface area contributed by atoms with E-state index in [1.54, 1.807) is 0 Å². The van der Waals surface area contributed by atoms with Crippen molar-refractivity contribution in [1.29, 1.82) is 0 Å². The maximum Gasteiger partial charge on any atom is 0.326 e. The Morgan fingerprint density at radius 2 is 1.40 bits per heavy atom. The Labute approximate surface area is 262 Å². The molecule has 1 rings (SSSR count). The highest BCUT2D eigenvalue weighted by Gasteiger charge is 2.20. The first-order valence-electron chi connectivity index (χ1n) is 15.8. The minimum Gasteiger partial charge on any atom is -0.480 e. The average molecular weight is 619 g/mol. The fourth-order valence-corrected chi connectivity index (χ4v) is 7.31. The standard InChI is InChI=1S/C34H54N2O4S2/c1-2-3-4-5-6-7-8-9-10-11-12-13-14-15-16-17-18-25-32(37)35-28-22-21-24-31(34(39)40)36-33(38)26-20-19-23-30-27-29-41-42-30/h3-4,6-7,9-10,12-13,15-16,30-31H,2,5,8,11,14,17-29H2,1H3,(H,35,37)(H,36,38)(H,39,40)/b4-3-,7-6-,10-9-,13-12-,16-15-/t30?,31-/m0/s1. The summed E-state index contributed by atoms with van der Waals surface area (Å²) in [4.78, 5) is 35.8. The van der Waals surface area contributed by atoms with Gasteiger partial charge in [0.25, 0.3) is 0 Å². The van der Waals surface area contributed by atoms with Crippen LogP contribution in [0.25, 0.3) is 0 Å². The Kier molecular flexibility index (Phi) is 24.9. The number of hydrogen-bond donors (Lipinski definition) is 3. The highest BCUT2D eigenvalue weighted by molar-refractivity contribution is 8.77. The number of carbonyl (C=O) groups excluding carboxylic acids is 2. The maximum absolute atomic E-state index is 12.2. The summed E-state index contributed by atoms with van der Waals surface area (Å²) in [7, 11) is 3.87. The molecule has 236 valence electrons. The van der Waals surface area contributed by atoms with Crippen molar-refractivity contribution < 1.29 is 19.5 Å². The van der Waals surface area contributed by atoms with Crippen molar-refractivity contribution in [2.45, 2.75) is 121 Å². The lowest BCUT2D eigenvalue weighted by Gasteiger charge is -2.15. The predicted octanol–water partition coefficient (Wildman–Crippen LogP) is 8.48. The Balaban J connectivity index is 1.99. The monoisotopic (exact) mass is 618 g/mol. The van der Waals surface area contributed by atoms with Gasteiger partial charge in [-0.05, 0) is 83.5 Å². The van der Waals surface area contributed by atoms with E-state index in [0.717, 1.165) is 64.2 Å². The third-order valence-corrected chi connectivity index (χ3v) is 9.72. The minimum atomic E-state index is -0.998. The molecule has 3 N–H and O–H groups in total. The molecule has 1 saturated heterocycles. The van der Waals surface area contributed by atoms with Crippen LogP contribution in [0, 0.1) is 0 Å². The summed E-state index contributed by atoms with van der Waals surface area (Å²) in [5.41, 5.74) is 0. The summed E-state index contributed by atoms with van der Waals surface area (Å²) >= 11 is 0. The van der Waals surface area contributed by atoms with E-state index in [9.17, 15) is 19.5 Å². The number of allylic oxidation sites excluding steroid dienone is 10. The van der Waals surface area contributed by atoms with E-state index in [0.29, 0.717) is 43.9 Å². The summed E-state index contributed by atoms with van der Waals surface area (Å²) in [5, 5.41) is 15.7. The summed E-state index contributed by atoms with van der Waals surface area (Å²) in [6, 6.07) is -0.863. The molecule has 0 radical (unpaired) electrons. The summed E-state index contributed by atoms with van der Waals surface area (Å²) in [6.45, 7) is 2.67. The van der Waals surface area contributed by atoms with Gasteiger partial charge in [-0.15, -0.1) is 0 Å². The van der Waals surface area contributed by atoms with Crippen molar-refractivity contribution in [3.05, 3.63) is 60.8 Å². The van der Waals surface area contributed by atoms with Gasteiger partial charge in [0.05, 0.1) is 0 Å². The van der Waals surface area contributed by atoms with Gasteiger partial charge in [-0.2, -0.15) is 0 Å². The minimum absolute atomic E-state index is 0.0278. The Hall–Kier alpha value is -2.19. The van der Waals surface area contributed by atoms with Crippen LogP contribution in [0.3, 0.4) is 0 Å². The van der Waals surface area contributed by atoms with E-state index in [1.165, 1.54) is 12.2 Å². The van der Waals surface area contributed by atoms with E-state index in [2.05, 4.69) is 78.3 Å². The number of rotatable bonds is 25. The molecule has 0 bridgehead atoms. The van der Waals surface area contributed by atoms with Crippen molar-refractivity contribution in [2.75, 3.05) is 12.3 Å². The average Bonchev–Trinajstić information content (AvgIpc) is 3.49. The fourth-order valence-electron chi connectivity index (χ4n) is 4.28. The van der Waals surface area contributed by atoms with Gasteiger partial charge in [-0.3, -0.25) is 9.59 Å². The van der Waals surface area contributed by atoms with Gasteiger partial charge in [-0.1, -0.05) is 95.7 Å². The van der Waals surface area contributed by atoms with Gasteiger partial charge in [0.2, 0.25) is 11.8 Å². The van der Waals surface area contributed by atoms with Crippen LogP contribution in [0.5, 0.6) is 0 Å². The SMILES string of the molecule is CC/C=C\C/C=C\C/C=C\C/C=C\C/C=C\CCCC(=O)NCCCC[C@H](NC(=O)CCCCC1CCSS1)C(=O)O. The second-order valence-electron chi connectivity index (χ2n) is 10.5. The molecule has 0 aromatic heterocycles. The van der Waals surface area contributed by atoms with Gasteiger partial charge in [0.1, 0.15) is 6.04 Å². The lowest BCUT2D eigenvalue weighted by Crippen LogP contribution is -2.40. The predicted molar refractivity (Wildman–Crippen MR) is 182 cm³/mol. The van der Waals surface area contributed by atoms with Crippen molar-refractivity contribution in [2.24, 2.45) is 0 Å². The van der Waals surface area contributed by atoms with Crippen molar-refractivity contribution >= 4 is 39.4 Å². The van der Waals surface area contributed by atoms with Gasteiger partial charge in [0.15, 0.2) is 0 Å². The van der Waals surface area contributed by atoms with E-state index in [4.69, 9.17) is 0 Å². The van der Waals surface area contributed by atoms with Gasteiger partial charge < -0.3 is 15.7 Å². The van der Waals surface area contributed by atoms with Crippen LogP contribution in [0.15, 0.2) is 60.8 Å². The van der Waals surface area contributed by atoms with Gasteiger partial charge in [0, 0.05) is 30.4 Å². The maximum atomic E-state index is 12.2. The number of hydrogen-bond acceptors (Lipinski definition) is 5. The van der Waals surface area contributed by atoms with Gasteiger partial charge in [-0.25, -0.2) is 4.79 Å². The van der Waals surface area contributed by atoms with Gasteiger partial charge >= 0.3 is 5.97 Å². The first-order chi connectivity index (χ1) is 20.5. The third kappa shape index (κ3) is 23.4. The van der Waals surface area contributed by atoms with E-state index in [-0.39, 0.29) is 11.8 Å². The van der Waals surface area contributed by atoms with Crippen LogP contribution >= 0.6 is 21.6 Å². The zero-order valence-electron chi connectivity index (χ0n) is 25.6. The van der Waals surface area contributed by atoms with Crippen molar-refractivity contribution in [3.8, 4) is 0 Å². The van der Waals surface area contributed by atoms with Crippen LogP contribution in [0.4, 0.5) is 0 Å². The molecular formula is C34H54N2O4S2. The third-order valence-electron chi connectivity index (χ3n) is 6.71. The van der Waals surface area contributed by atoms with Crippen LogP contribution in [-0.4, -0.2) is 46.5 Å². The zero-order chi connectivity index (χ0) is 30.5. The molecule has 1 aliphatic heterocycles. The fraction of sp³-hybridized carbons (Fsp3) is 0.618. The topological polar surface area (TPSA) is 95.5 Å². The van der Waals surface area contributed by atoms with Crippen molar-refractivity contribution in [3.63, 3.8) is 0 Å². The first kappa shape index (κ1) is 37.8. The van der Waals surface area contributed by atoms with Crippen LogP contribution < -0.4 is 10.6 Å². The number of aliphatic carboxylic acids is 1. The summed E-state index contributed by atoms with van der Waals surface area (Å²) in [5.74, 6) is 0.0597. The second-order valence-corrected chi connectivity index (χ2v) is 13.3. The lowest BCUT2D eigenvalue weighted by molar-refractivity contribution is -0.142. The first-order valence-corrected chi connectivity index (χ1v) is 18.2. The van der Waals surface area contributed by atoms with Crippen LogP contribution in [0.1, 0.15) is 110 Å². The molecular weight excluding hydrogens is 565 g/mol. The molecule has 0 aromatic rings. The number of carbonyl (C=O) groups is 3. The molecule has 1 heterocycles. The highest BCUT2D eigenvalue weighted by atomic mass is 33.1. The Morgan fingerprint density at radius 3 is 2.00 bits per heavy atom. The quantitative estimate of drug-likeness (QED) is 0.0540. The van der Waals surface area contributed by atoms with E-state index in [1.807, 2.05) is 21.6 Å². The number of carboxylic acids is 1. The van der Waals surface area contributed by atoms with Crippen LogP contribution in [0.2, 0.25) is 0 Å².